The molecule has 0 saturated heterocycles. The summed E-state index contributed by atoms with van der Waals surface area (Å²) in [4.78, 5) is 21.1. The summed E-state index contributed by atoms with van der Waals surface area (Å²) in [6, 6.07) is 0. The van der Waals surface area contributed by atoms with Gasteiger partial charge >= 0.3 is 0 Å². The summed E-state index contributed by atoms with van der Waals surface area (Å²) in [7, 11) is 0. The number of hydrazine groups is 2. The van der Waals surface area contributed by atoms with Gasteiger partial charge in [-0.05, 0) is 0 Å². The summed E-state index contributed by atoms with van der Waals surface area (Å²) in [5.41, 5.74) is 3.65. The highest BCUT2D eigenvalue weighted by molar-refractivity contribution is 5.79. The molecule has 0 saturated carbocycles. The van der Waals surface area contributed by atoms with Gasteiger partial charge in [0.05, 0.1) is 18.9 Å². The minimum atomic E-state index is -1.06. The first-order valence-corrected chi connectivity index (χ1v) is 3.27. The molecule has 0 unspecified atom stereocenters. The summed E-state index contributed by atoms with van der Waals surface area (Å²) in [5, 5.41) is 9.02. The van der Waals surface area contributed by atoms with Gasteiger partial charge in [-0.15, -0.1) is 0 Å². The van der Waals surface area contributed by atoms with Gasteiger partial charge in [0.2, 0.25) is 11.8 Å². The molecule has 0 aromatic carbocycles. The minimum Gasteiger partial charge on any atom is -0.392 e. The Morgan fingerprint density at radius 1 is 1.17 bits per heavy atom. The van der Waals surface area contributed by atoms with E-state index in [2.05, 4.69) is 0 Å². The molecule has 0 aliphatic heterocycles. The highest BCUT2D eigenvalue weighted by Crippen LogP contribution is 1.96. The maximum Gasteiger partial charge on any atom is 0.236 e. The molecule has 70 valence electrons. The van der Waals surface area contributed by atoms with Crippen molar-refractivity contribution in [3.8, 4) is 0 Å². The summed E-state index contributed by atoms with van der Waals surface area (Å²) in [6.07, 6.45) is -1.49. The molecule has 0 fully saturated rings. The van der Waals surface area contributed by atoms with Crippen molar-refractivity contribution in [2.45, 2.75) is 18.9 Å². The molecule has 0 aromatic rings. The molecule has 0 aliphatic carbocycles. The quantitative estimate of drug-likeness (QED) is 0.178. The Hall–Kier alpha value is -1.18. The maximum atomic E-state index is 10.5. The van der Waals surface area contributed by atoms with Crippen LogP contribution < -0.4 is 22.5 Å². The van der Waals surface area contributed by atoms with Crippen LogP contribution in [0.1, 0.15) is 12.8 Å². The van der Waals surface area contributed by atoms with Gasteiger partial charge in [-0.1, -0.05) is 0 Å². The van der Waals surface area contributed by atoms with E-state index in [1.165, 1.54) is 0 Å². The monoisotopic (exact) mass is 176 g/mol. The van der Waals surface area contributed by atoms with Crippen molar-refractivity contribution in [2.75, 3.05) is 0 Å². The molecule has 7 nitrogen and oxygen atoms in total. The van der Waals surface area contributed by atoms with Crippen LogP contribution in [0.15, 0.2) is 0 Å². The Morgan fingerprint density at radius 2 is 1.50 bits per heavy atom. The minimum absolute atomic E-state index is 0.218. The van der Waals surface area contributed by atoms with Gasteiger partial charge in [-0.3, -0.25) is 20.4 Å². The zero-order chi connectivity index (χ0) is 9.56. The van der Waals surface area contributed by atoms with E-state index in [1.807, 2.05) is 10.9 Å². The third kappa shape index (κ3) is 4.61. The van der Waals surface area contributed by atoms with Crippen LogP contribution in [-0.2, 0) is 9.59 Å². The van der Waals surface area contributed by atoms with Crippen LogP contribution >= 0.6 is 0 Å². The molecule has 0 bridgehead atoms. The lowest BCUT2D eigenvalue weighted by molar-refractivity contribution is -0.125. The van der Waals surface area contributed by atoms with E-state index in [4.69, 9.17) is 16.8 Å². The van der Waals surface area contributed by atoms with Crippen molar-refractivity contribution >= 4 is 11.8 Å². The summed E-state index contributed by atoms with van der Waals surface area (Å²) < 4.78 is 0. The van der Waals surface area contributed by atoms with E-state index in [9.17, 15) is 9.59 Å². The number of amides is 2. The summed E-state index contributed by atoms with van der Waals surface area (Å²) >= 11 is 0. The van der Waals surface area contributed by atoms with Gasteiger partial charge in [0.1, 0.15) is 0 Å². The van der Waals surface area contributed by atoms with Crippen LogP contribution in [-0.4, -0.2) is 23.0 Å². The van der Waals surface area contributed by atoms with Gasteiger partial charge in [0.25, 0.3) is 0 Å². The van der Waals surface area contributed by atoms with Gasteiger partial charge in [0, 0.05) is 0 Å². The molecule has 7 heteroatoms. The molecule has 0 heterocycles. The highest BCUT2D eigenvalue weighted by atomic mass is 16.3. The van der Waals surface area contributed by atoms with E-state index < -0.39 is 17.9 Å². The number of hydrogen-bond acceptors (Lipinski definition) is 5. The first kappa shape index (κ1) is 10.8. The van der Waals surface area contributed by atoms with Gasteiger partial charge in [0.15, 0.2) is 0 Å². The largest absolute Gasteiger partial charge is 0.392 e. The fraction of sp³-hybridized carbons (Fsp3) is 0.600. The molecule has 2 amide bonds. The van der Waals surface area contributed by atoms with E-state index >= 15 is 0 Å². The Morgan fingerprint density at radius 3 is 1.75 bits per heavy atom. The molecule has 0 aromatic heterocycles. The fourth-order valence-electron chi connectivity index (χ4n) is 0.618. The third-order valence-corrected chi connectivity index (χ3v) is 1.16. The van der Waals surface area contributed by atoms with E-state index in [-0.39, 0.29) is 12.8 Å². The molecular formula is C5H12N4O3. The second-order valence-electron chi connectivity index (χ2n) is 2.20. The molecule has 0 radical (unpaired) electrons. The zero-order valence-electron chi connectivity index (χ0n) is 6.41. The maximum absolute atomic E-state index is 10.5. The Balaban J connectivity index is 3.66. The molecule has 0 spiro atoms. The van der Waals surface area contributed by atoms with E-state index in [0.717, 1.165) is 0 Å². The van der Waals surface area contributed by atoms with Crippen molar-refractivity contribution in [1.82, 2.24) is 10.9 Å². The SMILES string of the molecule is NNC(=O)CC(O)CC(=O)NN. The van der Waals surface area contributed by atoms with Crippen LogP contribution in [0.4, 0.5) is 0 Å². The van der Waals surface area contributed by atoms with E-state index in [0.29, 0.717) is 0 Å². The zero-order valence-corrected chi connectivity index (χ0v) is 6.41. The number of nitrogens with one attached hydrogen (secondary N) is 2. The second-order valence-corrected chi connectivity index (χ2v) is 2.20. The Bertz CT molecular complexity index is 154. The molecule has 0 atom stereocenters. The van der Waals surface area contributed by atoms with Crippen molar-refractivity contribution in [1.29, 1.82) is 0 Å². The molecule has 7 N–H and O–H groups in total. The van der Waals surface area contributed by atoms with Crippen LogP contribution in [0.3, 0.4) is 0 Å². The second kappa shape index (κ2) is 5.47. The lowest BCUT2D eigenvalue weighted by atomic mass is 10.2. The van der Waals surface area contributed by atoms with Crippen LogP contribution in [0.25, 0.3) is 0 Å². The van der Waals surface area contributed by atoms with Gasteiger partial charge in [-0.25, -0.2) is 11.7 Å². The molecule has 0 aliphatic rings. The predicted molar refractivity (Wildman–Crippen MR) is 39.9 cm³/mol. The van der Waals surface area contributed by atoms with Crippen molar-refractivity contribution in [2.24, 2.45) is 11.7 Å². The smallest absolute Gasteiger partial charge is 0.236 e. The summed E-state index contributed by atoms with van der Waals surface area (Å²) in [6.45, 7) is 0. The Kier molecular flexibility index (Phi) is 4.93. The lowest BCUT2D eigenvalue weighted by Gasteiger charge is -2.07. The average Bonchev–Trinajstić information content (AvgIpc) is 2.03. The summed E-state index contributed by atoms with van der Waals surface area (Å²) in [5.74, 6) is 8.43. The van der Waals surface area contributed by atoms with Crippen LogP contribution in [0, 0.1) is 0 Å². The van der Waals surface area contributed by atoms with E-state index in [1.54, 1.807) is 0 Å². The number of rotatable bonds is 4. The van der Waals surface area contributed by atoms with Crippen molar-refractivity contribution < 1.29 is 14.7 Å². The number of carbonyl (C=O) groups excluding carboxylic acids is 2. The normalized spacial score (nSPS) is 9.67. The highest BCUT2D eigenvalue weighted by Gasteiger charge is 2.13. The number of nitrogens with two attached hydrogens (primary N) is 2. The number of carbonyl (C=O) groups is 2. The molecule has 0 rings (SSSR count). The molecule has 12 heavy (non-hydrogen) atoms. The van der Waals surface area contributed by atoms with Crippen molar-refractivity contribution in [3.05, 3.63) is 0 Å². The van der Waals surface area contributed by atoms with Crippen LogP contribution in [0.5, 0.6) is 0 Å². The van der Waals surface area contributed by atoms with Gasteiger partial charge < -0.3 is 5.11 Å². The number of aliphatic hydroxyl groups excluding tert-OH is 1. The number of hydrogen-bond donors (Lipinski definition) is 5. The fourth-order valence-corrected chi connectivity index (χ4v) is 0.618. The standard InChI is InChI=1S/C5H12N4O3/c6-8-4(11)1-3(10)2-5(12)9-7/h3,10H,1-2,6-7H2,(H,8,11)(H,9,12). The molecular weight excluding hydrogens is 164 g/mol. The van der Waals surface area contributed by atoms with Gasteiger partial charge in [-0.2, -0.15) is 0 Å². The average molecular weight is 176 g/mol. The Labute approximate surface area is 69.0 Å². The first-order chi connectivity index (χ1) is 5.60. The number of aliphatic hydroxyl groups is 1. The van der Waals surface area contributed by atoms with Crippen LogP contribution in [0.2, 0.25) is 0 Å². The predicted octanol–water partition coefficient (Wildman–Crippen LogP) is -2.89. The lowest BCUT2D eigenvalue weighted by Crippen LogP contribution is -2.36. The topological polar surface area (TPSA) is 130 Å². The third-order valence-electron chi connectivity index (χ3n) is 1.16. The first-order valence-electron chi connectivity index (χ1n) is 3.27. The van der Waals surface area contributed by atoms with Crippen molar-refractivity contribution in [3.63, 3.8) is 0 Å².